The predicted octanol–water partition coefficient (Wildman–Crippen LogP) is 5.00. The van der Waals surface area contributed by atoms with Crippen molar-refractivity contribution in [1.29, 1.82) is 0 Å². The van der Waals surface area contributed by atoms with E-state index in [0.29, 0.717) is 36.0 Å². The summed E-state index contributed by atoms with van der Waals surface area (Å²) in [5, 5.41) is 4.44. The van der Waals surface area contributed by atoms with Gasteiger partial charge in [0, 0.05) is 41.9 Å². The molecule has 0 spiro atoms. The van der Waals surface area contributed by atoms with Gasteiger partial charge in [-0.3, -0.25) is 4.79 Å². The number of hydrogen-bond donors (Lipinski definition) is 2. The van der Waals surface area contributed by atoms with Crippen LogP contribution in [-0.2, 0) is 11.4 Å². The van der Waals surface area contributed by atoms with Crippen LogP contribution in [0.4, 0.5) is 5.82 Å². The van der Waals surface area contributed by atoms with Gasteiger partial charge in [0.2, 0.25) is 5.91 Å². The quantitative estimate of drug-likeness (QED) is 0.392. The lowest BCUT2D eigenvalue weighted by Gasteiger charge is -2.36. The second-order valence-corrected chi connectivity index (χ2v) is 9.15. The number of benzene rings is 2. The molecule has 0 radical (unpaired) electrons. The lowest BCUT2D eigenvalue weighted by Crippen LogP contribution is -2.36. The number of fused-ring (bicyclic) bond motifs is 1. The van der Waals surface area contributed by atoms with E-state index < -0.39 is 0 Å². The minimum absolute atomic E-state index is 0.00861. The third kappa shape index (κ3) is 4.43. The van der Waals surface area contributed by atoms with Gasteiger partial charge in [-0.15, -0.1) is 0 Å². The topological polar surface area (TPSA) is 95.1 Å². The standard InChI is InChI=1S/C26H26ClN5O2/c1-16(33)29-12-17-9-20(10-17)32-13-22(24-25(28)30-15-31-26(24)32)18-6-4-7-21(11-18)34-14-19-5-2-3-8-23(19)27/h2-8,11,13,15,17,20H,9-10,12,14H2,1H3,(H,29,33)(H2,28,30,31). The van der Waals surface area contributed by atoms with Crippen molar-refractivity contribution in [1.82, 2.24) is 19.9 Å². The van der Waals surface area contributed by atoms with Gasteiger partial charge in [-0.25, -0.2) is 9.97 Å². The Hall–Kier alpha value is -3.58. The second-order valence-electron chi connectivity index (χ2n) is 8.74. The Morgan fingerprint density at radius 2 is 2.03 bits per heavy atom. The van der Waals surface area contributed by atoms with Gasteiger partial charge in [-0.05, 0) is 42.5 Å². The van der Waals surface area contributed by atoms with Crippen LogP contribution in [0.1, 0.15) is 31.4 Å². The lowest BCUT2D eigenvalue weighted by atomic mass is 9.80. The maximum atomic E-state index is 11.2. The van der Waals surface area contributed by atoms with E-state index in [2.05, 4.69) is 26.0 Å². The number of carbonyl (C=O) groups excluding carboxylic acids is 1. The van der Waals surface area contributed by atoms with E-state index >= 15 is 0 Å². The number of hydrogen-bond acceptors (Lipinski definition) is 5. The van der Waals surface area contributed by atoms with Gasteiger partial charge in [-0.1, -0.05) is 41.9 Å². The predicted molar refractivity (Wildman–Crippen MR) is 134 cm³/mol. The fourth-order valence-electron chi connectivity index (χ4n) is 4.52. The maximum absolute atomic E-state index is 11.2. The van der Waals surface area contributed by atoms with Crippen LogP contribution < -0.4 is 15.8 Å². The van der Waals surface area contributed by atoms with E-state index in [1.807, 2.05) is 48.5 Å². The third-order valence-corrected chi connectivity index (χ3v) is 6.75. The van der Waals surface area contributed by atoms with Crippen LogP contribution in [0, 0.1) is 5.92 Å². The molecule has 8 heteroatoms. The summed E-state index contributed by atoms with van der Waals surface area (Å²) in [5.41, 5.74) is 10.0. The SMILES string of the molecule is CC(=O)NCC1CC(n2cc(-c3cccc(OCc4ccccc4Cl)c3)c3c(N)ncnc32)C1. The first-order chi connectivity index (χ1) is 16.5. The number of amides is 1. The molecule has 4 aromatic rings. The molecule has 3 N–H and O–H groups in total. The molecule has 7 nitrogen and oxygen atoms in total. The first-order valence-electron chi connectivity index (χ1n) is 11.3. The summed E-state index contributed by atoms with van der Waals surface area (Å²) in [7, 11) is 0. The number of anilines is 1. The number of nitrogens with two attached hydrogens (primary N) is 1. The third-order valence-electron chi connectivity index (χ3n) is 6.38. The average molecular weight is 476 g/mol. The van der Waals surface area contributed by atoms with Gasteiger partial charge in [0.1, 0.15) is 30.1 Å². The van der Waals surface area contributed by atoms with E-state index in [9.17, 15) is 4.79 Å². The van der Waals surface area contributed by atoms with E-state index in [1.54, 1.807) is 6.92 Å². The fourth-order valence-corrected chi connectivity index (χ4v) is 4.71. The van der Waals surface area contributed by atoms with Crippen LogP contribution in [-0.4, -0.2) is 27.0 Å². The smallest absolute Gasteiger partial charge is 0.216 e. The molecular weight excluding hydrogens is 450 g/mol. The Morgan fingerprint density at radius 1 is 1.21 bits per heavy atom. The zero-order chi connectivity index (χ0) is 23.7. The summed E-state index contributed by atoms with van der Waals surface area (Å²) >= 11 is 6.27. The maximum Gasteiger partial charge on any atom is 0.216 e. The Labute approximate surface area is 202 Å². The van der Waals surface area contributed by atoms with Crippen LogP contribution in [0.3, 0.4) is 0 Å². The van der Waals surface area contributed by atoms with Crippen LogP contribution >= 0.6 is 11.6 Å². The van der Waals surface area contributed by atoms with Crippen molar-refractivity contribution in [2.24, 2.45) is 5.92 Å². The van der Waals surface area contributed by atoms with Crippen LogP contribution in [0.15, 0.2) is 61.1 Å². The molecule has 34 heavy (non-hydrogen) atoms. The molecule has 2 aromatic carbocycles. The molecule has 174 valence electrons. The van der Waals surface area contributed by atoms with Crippen molar-refractivity contribution in [2.45, 2.75) is 32.4 Å². The van der Waals surface area contributed by atoms with Gasteiger partial charge < -0.3 is 20.4 Å². The molecule has 1 saturated carbocycles. The number of ether oxygens (including phenoxy) is 1. The summed E-state index contributed by atoms with van der Waals surface area (Å²) in [4.78, 5) is 20.0. The first kappa shape index (κ1) is 22.2. The minimum Gasteiger partial charge on any atom is -0.489 e. The van der Waals surface area contributed by atoms with Crippen LogP contribution in [0.5, 0.6) is 5.75 Å². The van der Waals surface area contributed by atoms with Gasteiger partial charge >= 0.3 is 0 Å². The molecule has 0 saturated heterocycles. The van der Waals surface area contributed by atoms with Crippen LogP contribution in [0.25, 0.3) is 22.2 Å². The van der Waals surface area contributed by atoms with Crippen LogP contribution in [0.2, 0.25) is 5.02 Å². The Morgan fingerprint density at radius 3 is 2.82 bits per heavy atom. The van der Waals surface area contributed by atoms with Crippen molar-refractivity contribution < 1.29 is 9.53 Å². The lowest BCUT2D eigenvalue weighted by molar-refractivity contribution is -0.119. The van der Waals surface area contributed by atoms with Crippen molar-refractivity contribution in [3.05, 3.63) is 71.6 Å². The van der Waals surface area contributed by atoms with E-state index in [0.717, 1.165) is 46.3 Å². The molecule has 0 aliphatic heterocycles. The fraction of sp³-hybridized carbons (Fsp3) is 0.269. The summed E-state index contributed by atoms with van der Waals surface area (Å²) < 4.78 is 8.23. The van der Waals surface area contributed by atoms with Crippen molar-refractivity contribution >= 4 is 34.4 Å². The Balaban J connectivity index is 1.41. The zero-order valence-corrected chi connectivity index (χ0v) is 19.6. The highest BCUT2D eigenvalue weighted by molar-refractivity contribution is 6.31. The number of nitrogens with one attached hydrogen (secondary N) is 1. The largest absolute Gasteiger partial charge is 0.489 e. The summed E-state index contributed by atoms with van der Waals surface area (Å²) in [6.45, 7) is 2.64. The molecule has 2 heterocycles. The molecule has 0 bridgehead atoms. The molecule has 5 rings (SSSR count). The summed E-state index contributed by atoms with van der Waals surface area (Å²) in [6, 6.07) is 15.9. The second kappa shape index (κ2) is 9.35. The molecule has 1 aliphatic rings. The Kier molecular flexibility index (Phi) is 6.11. The molecule has 1 aliphatic carbocycles. The molecule has 1 fully saturated rings. The summed E-state index contributed by atoms with van der Waals surface area (Å²) in [6.07, 6.45) is 5.58. The molecule has 1 amide bonds. The zero-order valence-electron chi connectivity index (χ0n) is 18.9. The van der Waals surface area contributed by atoms with E-state index in [1.165, 1.54) is 6.33 Å². The van der Waals surface area contributed by atoms with Crippen molar-refractivity contribution in [3.63, 3.8) is 0 Å². The molecule has 0 atom stereocenters. The highest BCUT2D eigenvalue weighted by Gasteiger charge is 2.32. The summed E-state index contributed by atoms with van der Waals surface area (Å²) in [5.74, 6) is 1.67. The molecular formula is C26H26ClN5O2. The number of nitrogen functional groups attached to an aromatic ring is 1. The molecule has 2 aromatic heterocycles. The number of aromatic nitrogens is 3. The van der Waals surface area contributed by atoms with Gasteiger partial charge in [0.15, 0.2) is 0 Å². The van der Waals surface area contributed by atoms with Crippen molar-refractivity contribution in [2.75, 3.05) is 12.3 Å². The minimum atomic E-state index is 0.00861. The van der Waals surface area contributed by atoms with Crippen molar-refractivity contribution in [3.8, 4) is 16.9 Å². The number of rotatable bonds is 7. The normalized spacial score (nSPS) is 17.4. The number of carbonyl (C=O) groups is 1. The molecule has 0 unspecified atom stereocenters. The highest BCUT2D eigenvalue weighted by atomic mass is 35.5. The Bertz CT molecular complexity index is 1350. The van der Waals surface area contributed by atoms with E-state index in [-0.39, 0.29) is 5.91 Å². The monoisotopic (exact) mass is 475 g/mol. The number of nitrogens with zero attached hydrogens (tertiary/aromatic N) is 3. The van der Waals surface area contributed by atoms with Gasteiger partial charge in [0.25, 0.3) is 0 Å². The van der Waals surface area contributed by atoms with Gasteiger partial charge in [0.05, 0.1) is 5.39 Å². The van der Waals surface area contributed by atoms with Gasteiger partial charge in [-0.2, -0.15) is 0 Å². The average Bonchev–Trinajstić information content (AvgIpc) is 3.18. The van der Waals surface area contributed by atoms with E-state index in [4.69, 9.17) is 22.1 Å². The highest BCUT2D eigenvalue weighted by Crippen LogP contribution is 2.43. The number of halogens is 1. The first-order valence-corrected chi connectivity index (χ1v) is 11.7.